The SMILES string of the molecule is CCC[C@H](O)CN(CC(=O)N1CCc2sccc2[C@H]1COc1ccc(C)cc1)CC1CC1. The highest BCUT2D eigenvalue weighted by Crippen LogP contribution is 2.34. The highest BCUT2D eigenvalue weighted by Gasteiger charge is 2.34. The number of nitrogens with zero attached hydrogens (tertiary/aromatic N) is 2. The molecule has 4 rings (SSSR count). The molecule has 1 N–H and O–H groups in total. The number of carbonyl (C=O) groups is 1. The Morgan fingerprint density at radius 1 is 1.28 bits per heavy atom. The fourth-order valence-electron chi connectivity index (χ4n) is 4.56. The summed E-state index contributed by atoms with van der Waals surface area (Å²) in [4.78, 5) is 19.1. The van der Waals surface area contributed by atoms with E-state index in [1.165, 1.54) is 28.8 Å². The number of rotatable bonds is 11. The molecule has 0 unspecified atom stereocenters. The van der Waals surface area contributed by atoms with E-state index in [-0.39, 0.29) is 18.1 Å². The van der Waals surface area contributed by atoms with E-state index in [0.29, 0.717) is 25.6 Å². The third-order valence-electron chi connectivity index (χ3n) is 6.51. The Labute approximate surface area is 196 Å². The summed E-state index contributed by atoms with van der Waals surface area (Å²) in [6, 6.07) is 10.2. The van der Waals surface area contributed by atoms with E-state index in [2.05, 4.69) is 30.2 Å². The fraction of sp³-hybridized carbons (Fsp3) is 0.577. The normalized spacial score (nSPS) is 19.1. The largest absolute Gasteiger partial charge is 0.491 e. The molecule has 1 aliphatic carbocycles. The zero-order valence-corrected chi connectivity index (χ0v) is 20.2. The molecule has 174 valence electrons. The molecule has 0 saturated heterocycles. The molecule has 1 aromatic carbocycles. The third-order valence-corrected chi connectivity index (χ3v) is 7.50. The highest BCUT2D eigenvalue weighted by molar-refractivity contribution is 7.10. The number of benzene rings is 1. The monoisotopic (exact) mass is 456 g/mol. The van der Waals surface area contributed by atoms with Gasteiger partial charge in [0.2, 0.25) is 5.91 Å². The van der Waals surface area contributed by atoms with Crippen molar-refractivity contribution in [2.45, 2.75) is 58.1 Å². The Morgan fingerprint density at radius 2 is 2.06 bits per heavy atom. The van der Waals surface area contributed by atoms with Crippen LogP contribution in [0.1, 0.15) is 54.7 Å². The first-order chi connectivity index (χ1) is 15.5. The number of hydrogen-bond acceptors (Lipinski definition) is 5. The first kappa shape index (κ1) is 23.3. The van der Waals surface area contributed by atoms with Gasteiger partial charge >= 0.3 is 0 Å². The van der Waals surface area contributed by atoms with E-state index < -0.39 is 0 Å². The summed E-state index contributed by atoms with van der Waals surface area (Å²) in [5.74, 6) is 1.66. The van der Waals surface area contributed by atoms with E-state index >= 15 is 0 Å². The van der Waals surface area contributed by atoms with Crippen LogP contribution < -0.4 is 4.74 Å². The lowest BCUT2D eigenvalue weighted by Crippen LogP contribution is -2.48. The molecule has 2 heterocycles. The average molecular weight is 457 g/mol. The van der Waals surface area contributed by atoms with Gasteiger partial charge in [-0.15, -0.1) is 11.3 Å². The molecular formula is C26H36N2O3S. The summed E-state index contributed by atoms with van der Waals surface area (Å²) in [7, 11) is 0. The molecule has 2 atom stereocenters. The Hall–Kier alpha value is -1.89. The minimum Gasteiger partial charge on any atom is -0.491 e. The fourth-order valence-corrected chi connectivity index (χ4v) is 5.49. The van der Waals surface area contributed by atoms with E-state index in [1.807, 2.05) is 29.2 Å². The van der Waals surface area contributed by atoms with Crippen LogP contribution in [0.15, 0.2) is 35.7 Å². The lowest BCUT2D eigenvalue weighted by molar-refractivity contribution is -0.136. The quantitative estimate of drug-likeness (QED) is 0.543. The Bertz CT molecular complexity index is 877. The smallest absolute Gasteiger partial charge is 0.237 e. The van der Waals surface area contributed by atoms with Gasteiger partial charge in [0.1, 0.15) is 12.4 Å². The number of fused-ring (bicyclic) bond motifs is 1. The van der Waals surface area contributed by atoms with Gasteiger partial charge in [-0.25, -0.2) is 0 Å². The number of aryl methyl sites for hydroxylation is 1. The Kier molecular flexibility index (Phi) is 7.87. The van der Waals surface area contributed by atoms with Crippen LogP contribution in [0.25, 0.3) is 0 Å². The van der Waals surface area contributed by atoms with Crippen LogP contribution in [-0.4, -0.2) is 59.7 Å². The molecule has 0 spiro atoms. The minimum atomic E-state index is -0.364. The van der Waals surface area contributed by atoms with Crippen molar-refractivity contribution in [3.05, 3.63) is 51.7 Å². The van der Waals surface area contributed by atoms with Crippen molar-refractivity contribution in [1.29, 1.82) is 0 Å². The maximum absolute atomic E-state index is 13.5. The molecule has 2 aromatic rings. The maximum Gasteiger partial charge on any atom is 0.237 e. The molecule has 1 amide bonds. The second kappa shape index (κ2) is 10.8. The molecular weight excluding hydrogens is 420 g/mol. The predicted molar refractivity (Wildman–Crippen MR) is 129 cm³/mol. The third kappa shape index (κ3) is 6.12. The Morgan fingerprint density at radius 3 is 2.78 bits per heavy atom. The van der Waals surface area contributed by atoms with Gasteiger partial charge in [-0.05, 0) is 67.7 Å². The van der Waals surface area contributed by atoms with E-state index in [9.17, 15) is 9.90 Å². The van der Waals surface area contributed by atoms with Crippen molar-refractivity contribution in [1.82, 2.24) is 9.80 Å². The van der Waals surface area contributed by atoms with Crippen LogP contribution in [0, 0.1) is 12.8 Å². The van der Waals surface area contributed by atoms with Gasteiger partial charge in [0.05, 0.1) is 18.7 Å². The van der Waals surface area contributed by atoms with Crippen LogP contribution in [0.4, 0.5) is 0 Å². The van der Waals surface area contributed by atoms with Crippen molar-refractivity contribution in [2.75, 3.05) is 32.8 Å². The molecule has 1 saturated carbocycles. The highest BCUT2D eigenvalue weighted by atomic mass is 32.1. The number of amides is 1. The number of aliphatic hydroxyl groups is 1. The zero-order valence-electron chi connectivity index (χ0n) is 19.3. The second-order valence-electron chi connectivity index (χ2n) is 9.36. The van der Waals surface area contributed by atoms with Crippen LogP contribution in [0.3, 0.4) is 0 Å². The molecule has 1 aliphatic heterocycles. The van der Waals surface area contributed by atoms with Crippen molar-refractivity contribution in [2.24, 2.45) is 5.92 Å². The molecule has 32 heavy (non-hydrogen) atoms. The standard InChI is InChI=1S/C26H36N2O3S/c1-3-4-21(29)16-27(15-20-7-8-20)17-26(30)28-13-11-25-23(12-14-32-25)24(28)18-31-22-9-5-19(2)6-10-22/h5-6,9-10,12,14,20-21,24,29H,3-4,7-8,11,13,15-18H2,1-2H3/t21-,24+/m0/s1. The van der Waals surface area contributed by atoms with E-state index in [1.54, 1.807) is 11.3 Å². The molecule has 1 fully saturated rings. The van der Waals surface area contributed by atoms with Crippen molar-refractivity contribution in [3.63, 3.8) is 0 Å². The van der Waals surface area contributed by atoms with Crippen molar-refractivity contribution in [3.8, 4) is 5.75 Å². The number of hydrogen-bond donors (Lipinski definition) is 1. The molecule has 0 radical (unpaired) electrons. The summed E-state index contributed by atoms with van der Waals surface area (Å²) in [5.41, 5.74) is 2.43. The molecule has 5 nitrogen and oxygen atoms in total. The van der Waals surface area contributed by atoms with E-state index in [0.717, 1.165) is 38.1 Å². The van der Waals surface area contributed by atoms with Crippen molar-refractivity contribution < 1.29 is 14.6 Å². The van der Waals surface area contributed by atoms with Gasteiger partial charge in [-0.3, -0.25) is 9.69 Å². The molecule has 1 aromatic heterocycles. The Balaban J connectivity index is 1.44. The number of thiophene rings is 1. The first-order valence-electron chi connectivity index (χ1n) is 12.0. The zero-order chi connectivity index (χ0) is 22.5. The van der Waals surface area contributed by atoms with Crippen LogP contribution in [0.5, 0.6) is 5.75 Å². The molecule has 2 aliphatic rings. The number of aliphatic hydroxyl groups excluding tert-OH is 1. The van der Waals surface area contributed by atoms with Gasteiger partial charge in [-0.1, -0.05) is 31.0 Å². The van der Waals surface area contributed by atoms with Gasteiger partial charge in [0, 0.05) is 24.5 Å². The van der Waals surface area contributed by atoms with Gasteiger partial charge in [0.15, 0.2) is 0 Å². The number of carbonyl (C=O) groups excluding carboxylic acids is 1. The second-order valence-corrected chi connectivity index (χ2v) is 10.4. The average Bonchev–Trinajstić information content (AvgIpc) is 3.45. The van der Waals surface area contributed by atoms with Crippen molar-refractivity contribution >= 4 is 17.2 Å². The summed E-state index contributed by atoms with van der Waals surface area (Å²) in [6.07, 6.45) is 4.76. The van der Waals surface area contributed by atoms with Gasteiger partial charge in [0.25, 0.3) is 0 Å². The van der Waals surface area contributed by atoms with Crippen LogP contribution >= 0.6 is 11.3 Å². The lowest BCUT2D eigenvalue weighted by Gasteiger charge is -2.37. The summed E-state index contributed by atoms with van der Waals surface area (Å²) >= 11 is 1.77. The lowest BCUT2D eigenvalue weighted by atomic mass is 10.0. The van der Waals surface area contributed by atoms with Crippen LogP contribution in [0.2, 0.25) is 0 Å². The molecule has 6 heteroatoms. The number of ether oxygens (including phenoxy) is 1. The summed E-state index contributed by atoms with van der Waals surface area (Å²) in [6.45, 7) is 7.20. The topological polar surface area (TPSA) is 53.0 Å². The minimum absolute atomic E-state index is 0.0675. The summed E-state index contributed by atoms with van der Waals surface area (Å²) < 4.78 is 6.14. The van der Waals surface area contributed by atoms with Crippen LogP contribution in [-0.2, 0) is 11.2 Å². The van der Waals surface area contributed by atoms with Gasteiger partial charge < -0.3 is 14.7 Å². The van der Waals surface area contributed by atoms with Gasteiger partial charge in [-0.2, -0.15) is 0 Å². The molecule has 0 bridgehead atoms. The first-order valence-corrected chi connectivity index (χ1v) is 12.9. The van der Waals surface area contributed by atoms with E-state index in [4.69, 9.17) is 4.74 Å². The predicted octanol–water partition coefficient (Wildman–Crippen LogP) is 4.43. The summed E-state index contributed by atoms with van der Waals surface area (Å²) in [5, 5.41) is 12.5. The maximum atomic E-state index is 13.5.